The number of nitrogens with zero attached hydrogens (tertiary/aromatic N) is 1. The molecule has 0 spiro atoms. The Morgan fingerprint density at radius 3 is 2.91 bits per heavy atom. The first-order valence-corrected chi connectivity index (χ1v) is 9.31. The summed E-state index contributed by atoms with van der Waals surface area (Å²) in [4.78, 5) is 17.8. The van der Waals surface area contributed by atoms with Crippen molar-refractivity contribution in [1.82, 2.24) is 4.98 Å². The lowest BCUT2D eigenvalue weighted by atomic mass is 10.2. The predicted octanol–water partition coefficient (Wildman–Crippen LogP) is 4.74. The fourth-order valence-electron chi connectivity index (χ4n) is 1.96. The standard InChI is InChI=1S/C17H22N2O2S2/c1-5-12(3)23-13-6-7-14(11(2)8-13)19-17(20)15-10-22-16(18-15)9-21-4/h6-8,10,12H,5,9H2,1-4H3,(H,19,20). The minimum absolute atomic E-state index is 0.186. The van der Waals surface area contributed by atoms with E-state index < -0.39 is 0 Å². The highest BCUT2D eigenvalue weighted by Gasteiger charge is 2.12. The van der Waals surface area contributed by atoms with E-state index in [9.17, 15) is 4.79 Å². The van der Waals surface area contributed by atoms with Gasteiger partial charge < -0.3 is 10.1 Å². The molecule has 0 aliphatic heterocycles. The Morgan fingerprint density at radius 1 is 1.48 bits per heavy atom. The maximum atomic E-state index is 12.3. The van der Waals surface area contributed by atoms with Crippen LogP contribution in [-0.2, 0) is 11.3 Å². The smallest absolute Gasteiger partial charge is 0.275 e. The van der Waals surface area contributed by atoms with Crippen molar-refractivity contribution in [3.63, 3.8) is 0 Å². The number of carbonyl (C=O) groups is 1. The number of benzene rings is 1. The number of thioether (sulfide) groups is 1. The second-order valence-electron chi connectivity index (χ2n) is 5.33. The second-order valence-corrected chi connectivity index (χ2v) is 7.78. The lowest BCUT2D eigenvalue weighted by Gasteiger charge is -2.12. The summed E-state index contributed by atoms with van der Waals surface area (Å²) in [6, 6.07) is 6.13. The van der Waals surface area contributed by atoms with E-state index in [2.05, 4.69) is 36.3 Å². The zero-order chi connectivity index (χ0) is 16.8. The van der Waals surface area contributed by atoms with Crippen LogP contribution < -0.4 is 5.32 Å². The molecule has 0 bridgehead atoms. The molecule has 0 fully saturated rings. The van der Waals surface area contributed by atoms with E-state index in [0.29, 0.717) is 17.6 Å². The van der Waals surface area contributed by atoms with E-state index in [1.165, 1.54) is 16.2 Å². The number of hydrogen-bond donors (Lipinski definition) is 1. The van der Waals surface area contributed by atoms with E-state index in [1.54, 1.807) is 12.5 Å². The number of rotatable bonds is 7. The van der Waals surface area contributed by atoms with Gasteiger partial charge in [0.15, 0.2) is 0 Å². The van der Waals surface area contributed by atoms with Gasteiger partial charge >= 0.3 is 0 Å². The van der Waals surface area contributed by atoms with Crippen molar-refractivity contribution < 1.29 is 9.53 Å². The van der Waals surface area contributed by atoms with Crippen LogP contribution in [0, 0.1) is 6.92 Å². The van der Waals surface area contributed by atoms with Gasteiger partial charge in [0.25, 0.3) is 5.91 Å². The van der Waals surface area contributed by atoms with Gasteiger partial charge in [0.2, 0.25) is 0 Å². The Hall–Kier alpha value is -1.37. The molecule has 23 heavy (non-hydrogen) atoms. The van der Waals surface area contributed by atoms with Crippen molar-refractivity contribution >= 4 is 34.7 Å². The summed E-state index contributed by atoms with van der Waals surface area (Å²) in [6.45, 7) is 6.84. The zero-order valence-electron chi connectivity index (χ0n) is 13.9. The lowest BCUT2D eigenvalue weighted by molar-refractivity contribution is 0.102. The number of anilines is 1. The van der Waals surface area contributed by atoms with Gasteiger partial charge in [-0.3, -0.25) is 4.79 Å². The second kappa shape index (κ2) is 8.47. The van der Waals surface area contributed by atoms with E-state index >= 15 is 0 Å². The van der Waals surface area contributed by atoms with Gasteiger partial charge in [0.05, 0.1) is 6.61 Å². The number of nitrogens with one attached hydrogen (secondary N) is 1. The summed E-state index contributed by atoms with van der Waals surface area (Å²) in [5.41, 5.74) is 2.31. The van der Waals surface area contributed by atoms with E-state index in [1.807, 2.05) is 24.8 Å². The van der Waals surface area contributed by atoms with Crippen LogP contribution in [0.2, 0.25) is 0 Å². The Morgan fingerprint density at radius 2 is 2.26 bits per heavy atom. The monoisotopic (exact) mass is 350 g/mol. The molecule has 1 amide bonds. The summed E-state index contributed by atoms with van der Waals surface area (Å²) >= 11 is 3.28. The molecule has 6 heteroatoms. The molecule has 1 heterocycles. The molecular weight excluding hydrogens is 328 g/mol. The van der Waals surface area contributed by atoms with Crippen LogP contribution in [0.25, 0.3) is 0 Å². The summed E-state index contributed by atoms with van der Waals surface area (Å²) < 4.78 is 5.03. The molecule has 0 aliphatic carbocycles. The highest BCUT2D eigenvalue weighted by molar-refractivity contribution is 7.99. The van der Waals surface area contributed by atoms with Crippen LogP contribution >= 0.6 is 23.1 Å². The highest BCUT2D eigenvalue weighted by Crippen LogP contribution is 2.28. The molecule has 0 aliphatic rings. The first-order chi connectivity index (χ1) is 11.0. The van der Waals surface area contributed by atoms with Crippen molar-refractivity contribution in [1.29, 1.82) is 0 Å². The fourth-order valence-corrected chi connectivity index (χ4v) is 3.72. The molecule has 4 nitrogen and oxygen atoms in total. The minimum atomic E-state index is -0.186. The molecule has 1 unspecified atom stereocenters. The number of methoxy groups -OCH3 is 1. The SMILES string of the molecule is CCC(C)Sc1ccc(NC(=O)c2csc(COC)n2)c(C)c1. The number of aromatic nitrogens is 1. The number of thiazole rings is 1. The number of hydrogen-bond acceptors (Lipinski definition) is 5. The number of carbonyl (C=O) groups excluding carboxylic acids is 1. The number of aryl methyl sites for hydroxylation is 1. The number of ether oxygens (including phenoxy) is 1. The molecule has 0 radical (unpaired) electrons. The van der Waals surface area contributed by atoms with Crippen LogP contribution in [0.5, 0.6) is 0 Å². The van der Waals surface area contributed by atoms with Crippen molar-refractivity contribution in [2.75, 3.05) is 12.4 Å². The third kappa shape index (κ3) is 5.06. The van der Waals surface area contributed by atoms with Gasteiger partial charge in [0.1, 0.15) is 10.7 Å². The van der Waals surface area contributed by atoms with Crippen molar-refractivity contribution in [2.45, 2.75) is 43.9 Å². The summed E-state index contributed by atoms with van der Waals surface area (Å²) in [6.07, 6.45) is 1.13. The molecule has 2 rings (SSSR count). The van der Waals surface area contributed by atoms with Gasteiger partial charge in [0, 0.05) is 28.3 Å². The van der Waals surface area contributed by atoms with Crippen LogP contribution in [0.1, 0.15) is 41.3 Å². The van der Waals surface area contributed by atoms with Gasteiger partial charge in [-0.15, -0.1) is 23.1 Å². The Bertz CT molecular complexity index is 670. The molecule has 124 valence electrons. The number of amides is 1. The normalized spacial score (nSPS) is 12.2. The lowest BCUT2D eigenvalue weighted by Crippen LogP contribution is -2.13. The van der Waals surface area contributed by atoms with E-state index in [0.717, 1.165) is 22.7 Å². The molecule has 0 saturated heterocycles. The summed E-state index contributed by atoms with van der Waals surface area (Å²) in [5.74, 6) is -0.186. The average Bonchev–Trinajstić information content (AvgIpc) is 2.99. The molecule has 1 atom stereocenters. The molecule has 1 aromatic heterocycles. The van der Waals surface area contributed by atoms with Crippen molar-refractivity contribution in [2.24, 2.45) is 0 Å². The maximum absolute atomic E-state index is 12.3. The fraction of sp³-hybridized carbons (Fsp3) is 0.412. The van der Waals surface area contributed by atoms with Gasteiger partial charge in [-0.05, 0) is 37.1 Å². The molecule has 1 aromatic carbocycles. The van der Waals surface area contributed by atoms with Crippen LogP contribution in [0.3, 0.4) is 0 Å². The first kappa shape index (κ1) is 18.0. The van der Waals surface area contributed by atoms with Crippen LogP contribution in [0.15, 0.2) is 28.5 Å². The predicted molar refractivity (Wildman–Crippen MR) is 97.6 cm³/mol. The maximum Gasteiger partial charge on any atom is 0.275 e. The molecule has 2 aromatic rings. The minimum Gasteiger partial charge on any atom is -0.378 e. The third-order valence-electron chi connectivity index (χ3n) is 3.41. The Balaban J connectivity index is 2.05. The molecule has 0 saturated carbocycles. The van der Waals surface area contributed by atoms with Crippen molar-refractivity contribution in [3.05, 3.63) is 39.8 Å². The summed E-state index contributed by atoms with van der Waals surface area (Å²) in [5, 5.41) is 6.08. The third-order valence-corrected chi connectivity index (χ3v) is 5.49. The van der Waals surface area contributed by atoms with Crippen LogP contribution in [-0.4, -0.2) is 23.3 Å². The molecule has 1 N–H and O–H groups in total. The Kier molecular flexibility index (Phi) is 6.62. The Labute approximate surface area is 145 Å². The topological polar surface area (TPSA) is 51.2 Å². The quantitative estimate of drug-likeness (QED) is 0.733. The largest absolute Gasteiger partial charge is 0.378 e. The van der Waals surface area contributed by atoms with Gasteiger partial charge in [-0.1, -0.05) is 13.8 Å². The van der Waals surface area contributed by atoms with Crippen molar-refractivity contribution in [3.8, 4) is 0 Å². The average molecular weight is 351 g/mol. The van der Waals surface area contributed by atoms with Gasteiger partial charge in [-0.25, -0.2) is 4.98 Å². The first-order valence-electron chi connectivity index (χ1n) is 7.55. The van der Waals surface area contributed by atoms with Gasteiger partial charge in [-0.2, -0.15) is 0 Å². The summed E-state index contributed by atoms with van der Waals surface area (Å²) in [7, 11) is 1.61. The van der Waals surface area contributed by atoms with E-state index in [-0.39, 0.29) is 5.91 Å². The molecular formula is C17H22N2O2S2. The van der Waals surface area contributed by atoms with Crippen LogP contribution in [0.4, 0.5) is 5.69 Å². The highest BCUT2D eigenvalue weighted by atomic mass is 32.2. The van der Waals surface area contributed by atoms with E-state index in [4.69, 9.17) is 4.74 Å². The zero-order valence-corrected chi connectivity index (χ0v) is 15.5.